The van der Waals surface area contributed by atoms with Crippen molar-refractivity contribution in [2.24, 2.45) is 0 Å². The molecule has 0 aliphatic carbocycles. The number of carbonyl (C=O) groups is 1. The normalized spacial score (nSPS) is 10.7. The molecule has 6 nitrogen and oxygen atoms in total. The third-order valence-corrected chi connectivity index (χ3v) is 6.18. The molecule has 4 aromatic rings. The standard InChI is InChI=1S/C25H18ClFN4O2S/c26-17-5-3-6-20(15-17)31-24(33)21-7-1-2-8-22(21)29-25(31)34-16-23(32)30(14-4-13-28)19-11-9-18(27)10-12-19/h1-3,5-12,15H,4,14,16H2. The van der Waals surface area contributed by atoms with Crippen LogP contribution in [0.4, 0.5) is 10.1 Å². The highest BCUT2D eigenvalue weighted by Gasteiger charge is 2.19. The van der Waals surface area contributed by atoms with Gasteiger partial charge in [-0.1, -0.05) is 41.6 Å². The number of hydrogen-bond donors (Lipinski definition) is 0. The average molecular weight is 493 g/mol. The number of para-hydroxylation sites is 1. The zero-order valence-electron chi connectivity index (χ0n) is 17.8. The van der Waals surface area contributed by atoms with Gasteiger partial charge in [0.1, 0.15) is 5.82 Å². The van der Waals surface area contributed by atoms with Gasteiger partial charge >= 0.3 is 0 Å². The summed E-state index contributed by atoms with van der Waals surface area (Å²) in [5.74, 6) is -0.766. The molecule has 0 radical (unpaired) electrons. The molecule has 9 heteroatoms. The number of nitrogens with zero attached hydrogens (tertiary/aromatic N) is 4. The minimum Gasteiger partial charge on any atom is -0.311 e. The molecule has 0 unspecified atom stereocenters. The monoisotopic (exact) mass is 492 g/mol. The number of benzene rings is 3. The molecular weight excluding hydrogens is 475 g/mol. The van der Waals surface area contributed by atoms with Crippen LogP contribution in [0.15, 0.2) is 82.7 Å². The predicted molar refractivity (Wildman–Crippen MR) is 132 cm³/mol. The van der Waals surface area contributed by atoms with Gasteiger partial charge in [0, 0.05) is 17.3 Å². The van der Waals surface area contributed by atoms with Gasteiger partial charge < -0.3 is 4.90 Å². The van der Waals surface area contributed by atoms with E-state index in [1.54, 1.807) is 48.5 Å². The van der Waals surface area contributed by atoms with Crippen molar-refractivity contribution in [1.82, 2.24) is 9.55 Å². The molecule has 0 aliphatic rings. The maximum Gasteiger partial charge on any atom is 0.266 e. The first kappa shape index (κ1) is 23.5. The summed E-state index contributed by atoms with van der Waals surface area (Å²) in [6.45, 7) is 0.160. The Labute approximate surface area is 204 Å². The first-order valence-electron chi connectivity index (χ1n) is 10.3. The molecule has 1 amide bonds. The van der Waals surface area contributed by atoms with Gasteiger partial charge in [0.05, 0.1) is 34.8 Å². The predicted octanol–water partition coefficient (Wildman–Crippen LogP) is 5.22. The Morgan fingerprint density at radius 1 is 1.12 bits per heavy atom. The number of anilines is 1. The highest BCUT2D eigenvalue weighted by molar-refractivity contribution is 7.99. The summed E-state index contributed by atoms with van der Waals surface area (Å²) in [4.78, 5) is 32.5. The van der Waals surface area contributed by atoms with E-state index < -0.39 is 5.82 Å². The van der Waals surface area contributed by atoms with Crippen LogP contribution in [0.5, 0.6) is 0 Å². The van der Waals surface area contributed by atoms with Gasteiger partial charge in [0.15, 0.2) is 5.16 Å². The molecule has 34 heavy (non-hydrogen) atoms. The fraction of sp³-hybridized carbons (Fsp3) is 0.120. The number of hydrogen-bond acceptors (Lipinski definition) is 5. The summed E-state index contributed by atoms with van der Waals surface area (Å²) in [6.07, 6.45) is 0.120. The van der Waals surface area contributed by atoms with E-state index in [9.17, 15) is 14.0 Å². The number of amides is 1. The van der Waals surface area contributed by atoms with E-state index in [1.807, 2.05) is 6.07 Å². The van der Waals surface area contributed by atoms with Crippen LogP contribution in [-0.2, 0) is 4.79 Å². The molecule has 0 saturated heterocycles. The van der Waals surface area contributed by atoms with Crippen molar-refractivity contribution in [3.8, 4) is 11.8 Å². The number of carbonyl (C=O) groups excluding carboxylic acids is 1. The zero-order chi connectivity index (χ0) is 24.1. The van der Waals surface area contributed by atoms with Gasteiger partial charge in [-0.15, -0.1) is 0 Å². The molecule has 1 heterocycles. The molecule has 0 fully saturated rings. The second-order valence-electron chi connectivity index (χ2n) is 7.25. The third kappa shape index (κ3) is 5.11. The van der Waals surface area contributed by atoms with Crippen molar-refractivity contribution < 1.29 is 9.18 Å². The van der Waals surface area contributed by atoms with Crippen LogP contribution < -0.4 is 10.5 Å². The van der Waals surface area contributed by atoms with E-state index in [-0.39, 0.29) is 30.2 Å². The fourth-order valence-electron chi connectivity index (χ4n) is 3.44. The molecule has 0 aliphatic heterocycles. The molecule has 0 N–H and O–H groups in total. The fourth-order valence-corrected chi connectivity index (χ4v) is 4.51. The maximum atomic E-state index is 13.4. The number of thioether (sulfide) groups is 1. The number of fused-ring (bicyclic) bond motifs is 1. The summed E-state index contributed by atoms with van der Waals surface area (Å²) in [5.41, 5.74) is 1.26. The molecular formula is C25H18ClFN4O2S. The Bertz CT molecular complexity index is 1450. The van der Waals surface area contributed by atoms with Crippen LogP contribution in [-0.4, -0.2) is 27.8 Å². The van der Waals surface area contributed by atoms with Gasteiger partial charge in [-0.2, -0.15) is 5.26 Å². The van der Waals surface area contributed by atoms with Crippen molar-refractivity contribution in [3.63, 3.8) is 0 Å². The molecule has 170 valence electrons. The minimum atomic E-state index is -0.420. The highest BCUT2D eigenvalue weighted by Crippen LogP contribution is 2.24. The Hall–Kier alpha value is -3.67. The zero-order valence-corrected chi connectivity index (χ0v) is 19.4. The van der Waals surface area contributed by atoms with E-state index in [0.29, 0.717) is 32.5 Å². The minimum absolute atomic E-state index is 0.0475. The molecule has 0 bridgehead atoms. The lowest BCUT2D eigenvalue weighted by Crippen LogP contribution is -2.33. The lowest BCUT2D eigenvalue weighted by atomic mass is 10.2. The summed E-state index contributed by atoms with van der Waals surface area (Å²) in [5, 5.41) is 10.2. The van der Waals surface area contributed by atoms with Gasteiger partial charge in [-0.25, -0.2) is 9.37 Å². The summed E-state index contributed by atoms with van der Waals surface area (Å²) < 4.78 is 14.8. The van der Waals surface area contributed by atoms with Gasteiger partial charge in [-0.05, 0) is 54.6 Å². The smallest absolute Gasteiger partial charge is 0.266 e. The second-order valence-corrected chi connectivity index (χ2v) is 8.63. The second kappa shape index (κ2) is 10.5. The van der Waals surface area contributed by atoms with Crippen LogP contribution in [0.1, 0.15) is 6.42 Å². The van der Waals surface area contributed by atoms with E-state index in [2.05, 4.69) is 4.98 Å². The van der Waals surface area contributed by atoms with Crippen molar-refractivity contribution >= 4 is 45.9 Å². The van der Waals surface area contributed by atoms with E-state index in [1.165, 1.54) is 33.7 Å². The third-order valence-electron chi connectivity index (χ3n) is 5.02. The summed E-state index contributed by atoms with van der Waals surface area (Å²) in [6, 6.07) is 21.4. The van der Waals surface area contributed by atoms with Crippen LogP contribution in [0, 0.1) is 17.1 Å². The lowest BCUT2D eigenvalue weighted by Gasteiger charge is -2.22. The molecule has 0 atom stereocenters. The van der Waals surface area contributed by atoms with Crippen molar-refractivity contribution in [2.45, 2.75) is 11.6 Å². The topological polar surface area (TPSA) is 79.0 Å². The van der Waals surface area contributed by atoms with Crippen LogP contribution >= 0.6 is 23.4 Å². The molecule has 1 aromatic heterocycles. The lowest BCUT2D eigenvalue weighted by molar-refractivity contribution is -0.116. The van der Waals surface area contributed by atoms with Gasteiger partial charge in [0.2, 0.25) is 5.91 Å². The van der Waals surface area contributed by atoms with Gasteiger partial charge in [-0.3, -0.25) is 14.2 Å². The highest BCUT2D eigenvalue weighted by atomic mass is 35.5. The maximum absolute atomic E-state index is 13.4. The average Bonchev–Trinajstić information content (AvgIpc) is 2.84. The summed E-state index contributed by atoms with van der Waals surface area (Å²) in [7, 11) is 0. The van der Waals surface area contributed by atoms with Crippen molar-refractivity contribution in [1.29, 1.82) is 5.26 Å². The first-order chi connectivity index (χ1) is 16.5. The Kier molecular flexibility index (Phi) is 7.26. The van der Waals surface area contributed by atoms with Gasteiger partial charge in [0.25, 0.3) is 5.56 Å². The number of aromatic nitrogens is 2. The Balaban J connectivity index is 1.70. The first-order valence-corrected chi connectivity index (χ1v) is 11.7. The molecule has 4 rings (SSSR count). The van der Waals surface area contributed by atoms with E-state index in [0.717, 1.165) is 11.8 Å². The summed E-state index contributed by atoms with van der Waals surface area (Å²) >= 11 is 7.26. The van der Waals surface area contributed by atoms with Crippen LogP contribution in [0.25, 0.3) is 16.6 Å². The largest absolute Gasteiger partial charge is 0.311 e. The molecule has 3 aromatic carbocycles. The van der Waals surface area contributed by atoms with E-state index >= 15 is 0 Å². The quantitative estimate of drug-likeness (QED) is 0.261. The Morgan fingerprint density at radius 2 is 1.88 bits per heavy atom. The van der Waals surface area contributed by atoms with Crippen molar-refractivity contribution in [2.75, 3.05) is 17.2 Å². The van der Waals surface area contributed by atoms with E-state index in [4.69, 9.17) is 16.9 Å². The van der Waals surface area contributed by atoms with Crippen LogP contribution in [0.2, 0.25) is 5.02 Å². The SMILES string of the molecule is N#CCCN(C(=O)CSc1nc2ccccc2c(=O)n1-c1cccc(Cl)c1)c1ccc(F)cc1. The Morgan fingerprint density at radius 3 is 2.62 bits per heavy atom. The number of nitriles is 1. The van der Waals surface area contributed by atoms with Crippen LogP contribution in [0.3, 0.4) is 0 Å². The van der Waals surface area contributed by atoms with Crippen molar-refractivity contribution in [3.05, 3.63) is 94.0 Å². The molecule has 0 spiro atoms. The molecule has 0 saturated carbocycles. The number of halogens is 2. The number of rotatable bonds is 7.